The fourth-order valence-corrected chi connectivity index (χ4v) is 4.04. The van der Waals surface area contributed by atoms with Gasteiger partial charge in [0.25, 0.3) is 0 Å². The molecule has 3 aromatic rings. The molecule has 0 fully saturated rings. The number of amides is 1. The highest BCUT2D eigenvalue weighted by atomic mass is 32.2. The normalized spacial score (nSPS) is 11.0. The highest BCUT2D eigenvalue weighted by Crippen LogP contribution is 2.16. The molecule has 0 aliphatic heterocycles. The summed E-state index contributed by atoms with van der Waals surface area (Å²) in [6.45, 7) is 0.354. The first-order valence-corrected chi connectivity index (χ1v) is 11.3. The zero-order valence-electron chi connectivity index (χ0n) is 17.6. The predicted octanol–water partition coefficient (Wildman–Crippen LogP) is 3.07. The van der Waals surface area contributed by atoms with Crippen LogP contribution in [0.25, 0.3) is 0 Å². The van der Waals surface area contributed by atoms with E-state index in [0.29, 0.717) is 17.9 Å². The van der Waals surface area contributed by atoms with Crippen LogP contribution < -0.4 is 10.1 Å². The van der Waals surface area contributed by atoms with Crippen LogP contribution in [-0.4, -0.2) is 32.2 Å². The summed E-state index contributed by atoms with van der Waals surface area (Å²) < 4.78 is 32.0. The maximum atomic E-state index is 12.6. The SMILES string of the molecule is CN(CC(=O)NCc1cccc(OCc2ccccc2)c1)S(=O)(=O)c1ccc(C#N)cc1. The molecule has 0 atom stereocenters. The number of likely N-dealkylation sites (N-methyl/N-ethyl adjacent to an activating group) is 1. The lowest BCUT2D eigenvalue weighted by molar-refractivity contribution is -0.121. The fourth-order valence-electron chi connectivity index (χ4n) is 2.91. The van der Waals surface area contributed by atoms with E-state index >= 15 is 0 Å². The second-order valence-electron chi connectivity index (χ2n) is 7.10. The molecule has 0 saturated carbocycles. The molecule has 3 aromatic carbocycles. The van der Waals surface area contributed by atoms with Gasteiger partial charge in [0.15, 0.2) is 0 Å². The third kappa shape index (κ3) is 6.17. The molecule has 1 N–H and O–H groups in total. The van der Waals surface area contributed by atoms with Crippen molar-refractivity contribution >= 4 is 15.9 Å². The Bertz CT molecular complexity index is 1200. The summed E-state index contributed by atoms with van der Waals surface area (Å²) in [7, 11) is -2.50. The van der Waals surface area contributed by atoms with Crippen molar-refractivity contribution in [2.45, 2.75) is 18.0 Å². The number of sulfonamides is 1. The molecule has 0 aromatic heterocycles. The molecule has 7 nitrogen and oxygen atoms in total. The van der Waals surface area contributed by atoms with Crippen molar-refractivity contribution in [1.82, 2.24) is 9.62 Å². The van der Waals surface area contributed by atoms with Gasteiger partial charge in [0, 0.05) is 13.6 Å². The second-order valence-corrected chi connectivity index (χ2v) is 9.14. The summed E-state index contributed by atoms with van der Waals surface area (Å²) in [6, 6.07) is 24.6. The van der Waals surface area contributed by atoms with E-state index in [2.05, 4.69) is 5.32 Å². The largest absolute Gasteiger partial charge is 0.489 e. The molecule has 0 aliphatic rings. The zero-order chi connectivity index (χ0) is 23.0. The van der Waals surface area contributed by atoms with Crippen LogP contribution in [-0.2, 0) is 28.0 Å². The molecule has 0 spiro atoms. The molecule has 0 unspecified atom stereocenters. The van der Waals surface area contributed by atoms with Crippen LogP contribution in [0.4, 0.5) is 0 Å². The van der Waals surface area contributed by atoms with E-state index in [1.54, 1.807) is 0 Å². The number of ether oxygens (including phenoxy) is 1. The maximum Gasteiger partial charge on any atom is 0.243 e. The van der Waals surface area contributed by atoms with Gasteiger partial charge in [0.2, 0.25) is 15.9 Å². The highest BCUT2D eigenvalue weighted by Gasteiger charge is 2.22. The van der Waals surface area contributed by atoms with Gasteiger partial charge in [-0.05, 0) is 47.5 Å². The second kappa shape index (κ2) is 10.6. The monoisotopic (exact) mass is 449 g/mol. The lowest BCUT2D eigenvalue weighted by Crippen LogP contribution is -2.38. The lowest BCUT2D eigenvalue weighted by Gasteiger charge is -2.17. The number of nitriles is 1. The van der Waals surface area contributed by atoms with Crippen LogP contribution >= 0.6 is 0 Å². The minimum Gasteiger partial charge on any atom is -0.489 e. The minimum absolute atomic E-state index is 0.0232. The van der Waals surface area contributed by atoms with Gasteiger partial charge < -0.3 is 10.1 Å². The number of nitrogens with one attached hydrogen (secondary N) is 1. The van der Waals surface area contributed by atoms with Crippen molar-refractivity contribution < 1.29 is 17.9 Å². The smallest absolute Gasteiger partial charge is 0.243 e. The van der Waals surface area contributed by atoms with E-state index in [1.165, 1.54) is 31.3 Å². The van der Waals surface area contributed by atoms with Crippen molar-refractivity contribution in [3.63, 3.8) is 0 Å². The molecule has 8 heteroatoms. The third-order valence-corrected chi connectivity index (χ3v) is 6.51. The first-order chi connectivity index (χ1) is 15.4. The molecule has 3 rings (SSSR count). The summed E-state index contributed by atoms with van der Waals surface area (Å²) in [5.41, 5.74) is 2.25. The van der Waals surface area contributed by atoms with E-state index in [0.717, 1.165) is 15.4 Å². The van der Waals surface area contributed by atoms with E-state index in [1.807, 2.05) is 60.7 Å². The van der Waals surface area contributed by atoms with E-state index < -0.39 is 15.9 Å². The summed E-state index contributed by atoms with van der Waals surface area (Å²) in [4.78, 5) is 12.3. The number of hydrogen-bond donors (Lipinski definition) is 1. The first-order valence-electron chi connectivity index (χ1n) is 9.87. The molecule has 0 aliphatic carbocycles. The first kappa shape index (κ1) is 23.0. The minimum atomic E-state index is -3.84. The maximum absolute atomic E-state index is 12.6. The Labute approximate surface area is 187 Å². The van der Waals surface area contributed by atoms with E-state index in [-0.39, 0.29) is 18.0 Å². The molecule has 0 saturated heterocycles. The number of carbonyl (C=O) groups excluding carboxylic acids is 1. The van der Waals surface area contributed by atoms with Crippen LogP contribution in [0.5, 0.6) is 5.75 Å². The molecule has 0 bridgehead atoms. The highest BCUT2D eigenvalue weighted by molar-refractivity contribution is 7.89. The van der Waals surface area contributed by atoms with Crippen LogP contribution in [0.2, 0.25) is 0 Å². The number of hydrogen-bond acceptors (Lipinski definition) is 5. The Hall–Kier alpha value is -3.67. The summed E-state index contributed by atoms with van der Waals surface area (Å²) in [6.07, 6.45) is 0. The standard InChI is InChI=1S/C24H23N3O4S/c1-27(32(29,30)23-12-10-19(15-25)11-13-23)17-24(28)26-16-21-8-5-9-22(14-21)31-18-20-6-3-2-4-7-20/h2-14H,16-18H2,1H3,(H,26,28). The third-order valence-electron chi connectivity index (χ3n) is 4.69. The molecular weight excluding hydrogens is 426 g/mol. The van der Waals surface area contributed by atoms with E-state index in [9.17, 15) is 13.2 Å². The molecule has 164 valence electrons. The van der Waals surface area contributed by atoms with Crippen LogP contribution in [0.1, 0.15) is 16.7 Å². The molecule has 0 radical (unpaired) electrons. The zero-order valence-corrected chi connectivity index (χ0v) is 18.4. The average Bonchev–Trinajstić information content (AvgIpc) is 2.82. The van der Waals surface area contributed by atoms with Crippen molar-refractivity contribution in [2.75, 3.05) is 13.6 Å². The van der Waals surface area contributed by atoms with E-state index in [4.69, 9.17) is 10.00 Å². The number of rotatable bonds is 9. The van der Waals surface area contributed by atoms with Gasteiger partial charge in [-0.3, -0.25) is 4.79 Å². The lowest BCUT2D eigenvalue weighted by atomic mass is 10.2. The van der Waals surface area contributed by atoms with Crippen LogP contribution in [0, 0.1) is 11.3 Å². The fraction of sp³-hybridized carbons (Fsp3) is 0.167. The molecule has 1 amide bonds. The van der Waals surface area contributed by atoms with Gasteiger partial charge in [0.1, 0.15) is 12.4 Å². The van der Waals surface area contributed by atoms with Crippen LogP contribution in [0.15, 0.2) is 83.8 Å². The predicted molar refractivity (Wildman–Crippen MR) is 120 cm³/mol. The Kier molecular flexibility index (Phi) is 7.60. The van der Waals surface area contributed by atoms with Gasteiger partial charge in [-0.2, -0.15) is 9.57 Å². The van der Waals surface area contributed by atoms with Crippen molar-refractivity contribution in [1.29, 1.82) is 5.26 Å². The summed E-state index contributed by atoms with van der Waals surface area (Å²) in [5, 5.41) is 11.6. The van der Waals surface area contributed by atoms with Crippen LogP contribution in [0.3, 0.4) is 0 Å². The Morgan fingerprint density at radius 1 is 1.00 bits per heavy atom. The van der Waals surface area contributed by atoms with Crippen molar-refractivity contribution in [3.8, 4) is 11.8 Å². The Morgan fingerprint density at radius 2 is 1.69 bits per heavy atom. The average molecular weight is 450 g/mol. The molecule has 0 heterocycles. The Balaban J connectivity index is 1.53. The van der Waals surface area contributed by atoms with Gasteiger partial charge in [-0.25, -0.2) is 8.42 Å². The summed E-state index contributed by atoms with van der Waals surface area (Å²) in [5.74, 6) is 0.251. The number of nitrogens with zero attached hydrogens (tertiary/aromatic N) is 2. The topological polar surface area (TPSA) is 99.5 Å². The van der Waals surface area contributed by atoms with Gasteiger partial charge in [-0.1, -0.05) is 42.5 Å². The van der Waals surface area contributed by atoms with Gasteiger partial charge in [0.05, 0.1) is 23.1 Å². The van der Waals surface area contributed by atoms with Gasteiger partial charge in [-0.15, -0.1) is 0 Å². The molecular formula is C24H23N3O4S. The van der Waals surface area contributed by atoms with Gasteiger partial charge >= 0.3 is 0 Å². The molecule has 32 heavy (non-hydrogen) atoms. The quantitative estimate of drug-likeness (QED) is 0.541. The summed E-state index contributed by atoms with van der Waals surface area (Å²) >= 11 is 0. The van der Waals surface area contributed by atoms with Crippen molar-refractivity contribution in [2.24, 2.45) is 0 Å². The van der Waals surface area contributed by atoms with Crippen molar-refractivity contribution in [3.05, 3.63) is 95.6 Å². The Morgan fingerprint density at radius 3 is 2.38 bits per heavy atom. The number of benzene rings is 3. The number of carbonyl (C=O) groups is 1.